The van der Waals surface area contributed by atoms with Crippen LogP contribution in [0.3, 0.4) is 0 Å². The van der Waals surface area contributed by atoms with Gasteiger partial charge < -0.3 is 4.90 Å². The molecule has 0 bridgehead atoms. The number of rotatable bonds is 2. The van der Waals surface area contributed by atoms with Crippen LogP contribution in [-0.2, 0) is 0 Å². The number of hydrogen-bond acceptors (Lipinski definition) is 4. The number of ketones is 2. The number of pyridine rings is 1. The Morgan fingerprint density at radius 3 is 2.50 bits per heavy atom. The highest BCUT2D eigenvalue weighted by atomic mass is 16.1. The Kier molecular flexibility index (Phi) is 2.91. The smallest absolute Gasteiger partial charge is 0.211 e. The molecule has 1 aromatic carbocycles. The summed E-state index contributed by atoms with van der Waals surface area (Å²) < 4.78 is 0. The SMILES string of the molecule is CN(C1=CC(=O)c2ncccc2C1=O)c1ccccc1. The van der Waals surface area contributed by atoms with Crippen molar-refractivity contribution >= 4 is 17.3 Å². The zero-order valence-corrected chi connectivity index (χ0v) is 10.9. The van der Waals surface area contributed by atoms with Gasteiger partial charge in [-0.2, -0.15) is 0 Å². The molecule has 4 heteroatoms. The molecule has 0 fully saturated rings. The molecule has 1 heterocycles. The van der Waals surface area contributed by atoms with E-state index in [-0.39, 0.29) is 17.3 Å². The maximum absolute atomic E-state index is 12.5. The number of carbonyl (C=O) groups is 2. The lowest BCUT2D eigenvalue weighted by molar-refractivity contribution is 0.0979. The van der Waals surface area contributed by atoms with Gasteiger partial charge in [0.25, 0.3) is 0 Å². The topological polar surface area (TPSA) is 50.3 Å². The first-order valence-corrected chi connectivity index (χ1v) is 6.23. The summed E-state index contributed by atoms with van der Waals surface area (Å²) in [5.41, 5.74) is 1.80. The van der Waals surface area contributed by atoms with Gasteiger partial charge in [-0.05, 0) is 24.3 Å². The van der Waals surface area contributed by atoms with Crippen LogP contribution >= 0.6 is 0 Å². The zero-order chi connectivity index (χ0) is 14.1. The van der Waals surface area contributed by atoms with Gasteiger partial charge in [-0.3, -0.25) is 14.6 Å². The van der Waals surface area contributed by atoms with Crippen molar-refractivity contribution < 1.29 is 9.59 Å². The Bertz CT molecular complexity index is 720. The number of carbonyl (C=O) groups excluding carboxylic acids is 2. The summed E-state index contributed by atoms with van der Waals surface area (Å²) in [4.78, 5) is 30.2. The highest BCUT2D eigenvalue weighted by molar-refractivity contribution is 6.24. The summed E-state index contributed by atoms with van der Waals surface area (Å²) in [6.07, 6.45) is 2.87. The van der Waals surface area contributed by atoms with Gasteiger partial charge in [0, 0.05) is 25.0 Å². The summed E-state index contributed by atoms with van der Waals surface area (Å²) in [5, 5.41) is 0. The summed E-state index contributed by atoms with van der Waals surface area (Å²) in [7, 11) is 1.77. The Balaban J connectivity index is 2.05. The highest BCUT2D eigenvalue weighted by Gasteiger charge is 2.28. The summed E-state index contributed by atoms with van der Waals surface area (Å²) in [6.45, 7) is 0. The van der Waals surface area contributed by atoms with Crippen LogP contribution in [0.15, 0.2) is 60.4 Å². The monoisotopic (exact) mass is 264 g/mol. The normalized spacial score (nSPS) is 13.8. The van der Waals surface area contributed by atoms with Crippen LogP contribution in [0.25, 0.3) is 0 Å². The van der Waals surface area contributed by atoms with Gasteiger partial charge >= 0.3 is 0 Å². The van der Waals surface area contributed by atoms with Crippen molar-refractivity contribution in [3.8, 4) is 0 Å². The van der Waals surface area contributed by atoms with Gasteiger partial charge in [0.2, 0.25) is 11.6 Å². The third-order valence-electron chi connectivity index (χ3n) is 3.29. The minimum Gasteiger partial charge on any atom is -0.341 e. The molecule has 98 valence electrons. The molecule has 0 saturated carbocycles. The molecule has 0 atom stereocenters. The number of benzene rings is 1. The second-order valence-electron chi connectivity index (χ2n) is 4.52. The molecule has 0 aliphatic heterocycles. The highest BCUT2D eigenvalue weighted by Crippen LogP contribution is 2.25. The molecular weight excluding hydrogens is 252 g/mol. The van der Waals surface area contributed by atoms with Crippen LogP contribution < -0.4 is 4.90 Å². The molecule has 0 spiro atoms. The van der Waals surface area contributed by atoms with Gasteiger partial charge in [-0.15, -0.1) is 0 Å². The Hall–Kier alpha value is -2.75. The molecule has 1 aliphatic carbocycles. The average molecular weight is 264 g/mol. The van der Waals surface area contributed by atoms with Crippen molar-refractivity contribution in [2.75, 3.05) is 11.9 Å². The number of anilines is 1. The van der Waals surface area contributed by atoms with E-state index in [1.807, 2.05) is 30.3 Å². The van der Waals surface area contributed by atoms with E-state index >= 15 is 0 Å². The molecule has 3 rings (SSSR count). The van der Waals surface area contributed by atoms with Gasteiger partial charge in [-0.1, -0.05) is 18.2 Å². The standard InChI is InChI=1S/C16H12N2O2/c1-18(11-6-3-2-4-7-11)13-10-14(19)15-12(16(13)20)8-5-9-17-15/h2-10H,1H3. The van der Waals surface area contributed by atoms with E-state index in [1.54, 1.807) is 24.1 Å². The second kappa shape index (κ2) is 4.74. The number of hydrogen-bond donors (Lipinski definition) is 0. The maximum Gasteiger partial charge on any atom is 0.211 e. The quantitative estimate of drug-likeness (QED) is 0.836. The van der Waals surface area contributed by atoms with Crippen molar-refractivity contribution in [3.63, 3.8) is 0 Å². The van der Waals surface area contributed by atoms with Gasteiger partial charge in [0.1, 0.15) is 5.69 Å². The Morgan fingerprint density at radius 1 is 1.00 bits per heavy atom. The molecular formula is C16H12N2O2. The number of Topliss-reactive ketones (excluding diaryl/α,β-unsaturated/α-hetero) is 1. The van der Waals surface area contributed by atoms with E-state index in [9.17, 15) is 9.59 Å². The minimum absolute atomic E-state index is 0.181. The summed E-state index contributed by atoms with van der Waals surface area (Å²) in [6, 6.07) is 12.7. The van der Waals surface area contributed by atoms with E-state index in [2.05, 4.69) is 4.98 Å². The van der Waals surface area contributed by atoms with Crippen molar-refractivity contribution in [1.82, 2.24) is 4.98 Å². The van der Waals surface area contributed by atoms with E-state index in [0.717, 1.165) is 5.69 Å². The largest absolute Gasteiger partial charge is 0.341 e. The number of nitrogens with zero attached hydrogens (tertiary/aromatic N) is 2. The van der Waals surface area contributed by atoms with Crippen LogP contribution in [0.1, 0.15) is 20.8 Å². The number of para-hydroxylation sites is 1. The van der Waals surface area contributed by atoms with Crippen molar-refractivity contribution in [3.05, 3.63) is 71.7 Å². The lowest BCUT2D eigenvalue weighted by Crippen LogP contribution is -2.29. The summed E-state index contributed by atoms with van der Waals surface area (Å²) in [5.74, 6) is -0.419. The fourth-order valence-corrected chi connectivity index (χ4v) is 2.22. The average Bonchev–Trinajstić information content (AvgIpc) is 2.51. The van der Waals surface area contributed by atoms with Crippen molar-refractivity contribution in [2.45, 2.75) is 0 Å². The van der Waals surface area contributed by atoms with Crippen LogP contribution in [0, 0.1) is 0 Å². The fraction of sp³-hybridized carbons (Fsp3) is 0.0625. The molecule has 0 radical (unpaired) electrons. The predicted octanol–water partition coefficient (Wildman–Crippen LogP) is 2.48. The molecule has 0 N–H and O–H groups in total. The molecule has 0 saturated heterocycles. The first-order valence-electron chi connectivity index (χ1n) is 6.23. The second-order valence-corrected chi connectivity index (χ2v) is 4.52. The van der Waals surface area contributed by atoms with Crippen LogP contribution in [0.2, 0.25) is 0 Å². The molecule has 0 amide bonds. The van der Waals surface area contributed by atoms with E-state index in [0.29, 0.717) is 11.3 Å². The van der Waals surface area contributed by atoms with E-state index in [4.69, 9.17) is 0 Å². The minimum atomic E-state index is -0.238. The number of likely N-dealkylation sites (N-methyl/N-ethyl adjacent to an activating group) is 1. The third kappa shape index (κ3) is 1.91. The van der Waals surface area contributed by atoms with Crippen LogP contribution in [0.5, 0.6) is 0 Å². The lowest BCUT2D eigenvalue weighted by atomic mass is 9.96. The number of aromatic nitrogens is 1. The first-order chi connectivity index (χ1) is 9.68. The predicted molar refractivity (Wildman–Crippen MR) is 75.8 cm³/mol. The van der Waals surface area contributed by atoms with E-state index < -0.39 is 0 Å². The van der Waals surface area contributed by atoms with Gasteiger partial charge in [-0.25, -0.2) is 0 Å². The molecule has 20 heavy (non-hydrogen) atoms. The zero-order valence-electron chi connectivity index (χ0n) is 10.9. The lowest BCUT2D eigenvalue weighted by Gasteiger charge is -2.24. The van der Waals surface area contributed by atoms with Crippen LogP contribution in [0.4, 0.5) is 5.69 Å². The maximum atomic E-state index is 12.5. The van der Waals surface area contributed by atoms with Gasteiger partial charge in [0.05, 0.1) is 11.3 Å². The molecule has 1 aromatic heterocycles. The first kappa shape index (κ1) is 12.3. The fourth-order valence-electron chi connectivity index (χ4n) is 2.22. The van der Waals surface area contributed by atoms with Gasteiger partial charge in [0.15, 0.2) is 0 Å². The third-order valence-corrected chi connectivity index (χ3v) is 3.29. The molecule has 4 nitrogen and oxygen atoms in total. The Labute approximate surface area is 116 Å². The Morgan fingerprint density at radius 2 is 1.75 bits per heavy atom. The molecule has 0 unspecified atom stereocenters. The van der Waals surface area contributed by atoms with E-state index in [1.165, 1.54) is 12.3 Å². The number of fused-ring (bicyclic) bond motifs is 1. The number of allylic oxidation sites excluding steroid dienone is 2. The van der Waals surface area contributed by atoms with Crippen molar-refractivity contribution in [2.24, 2.45) is 0 Å². The summed E-state index contributed by atoms with van der Waals surface area (Å²) >= 11 is 0. The van der Waals surface area contributed by atoms with Crippen LogP contribution in [-0.4, -0.2) is 23.6 Å². The van der Waals surface area contributed by atoms with Crippen molar-refractivity contribution in [1.29, 1.82) is 0 Å². The molecule has 1 aliphatic rings. The molecule has 2 aromatic rings.